The molecular formula is C20H22N4O8. The molecule has 0 aliphatic rings. The zero-order valence-corrected chi connectivity index (χ0v) is 18.4. The van der Waals surface area contributed by atoms with E-state index in [1.54, 1.807) is 27.7 Å². The third-order valence-corrected chi connectivity index (χ3v) is 5.37. The first-order valence-corrected chi connectivity index (χ1v) is 9.65. The second-order valence-electron chi connectivity index (χ2n) is 8.00. The maximum absolute atomic E-state index is 12.1. The zero-order valence-electron chi connectivity index (χ0n) is 18.4. The lowest BCUT2D eigenvalue weighted by atomic mass is 9.82. The van der Waals surface area contributed by atoms with Gasteiger partial charge in [0.2, 0.25) is 0 Å². The van der Waals surface area contributed by atoms with Gasteiger partial charge in [0, 0.05) is 12.1 Å². The Labute approximate surface area is 182 Å². The molecule has 0 aliphatic heterocycles. The standard InChI is InChI=1S/C20H22N4O8/c1-9(2)13-7-15(21(25)26)11(5)19(23(29)30)17(13)18-14(10(3)4)8-16(22(27)28)12(6)20(18)24(31)32/h7-10H,1-6H3. The van der Waals surface area contributed by atoms with Gasteiger partial charge in [-0.3, -0.25) is 40.5 Å². The van der Waals surface area contributed by atoms with Crippen LogP contribution in [0.15, 0.2) is 12.1 Å². The Morgan fingerprint density at radius 2 is 0.875 bits per heavy atom. The summed E-state index contributed by atoms with van der Waals surface area (Å²) in [6.45, 7) is 9.04. The van der Waals surface area contributed by atoms with Gasteiger partial charge in [-0.15, -0.1) is 0 Å². The van der Waals surface area contributed by atoms with Crippen molar-refractivity contribution in [2.45, 2.75) is 53.4 Å². The number of nitrogens with zero attached hydrogens (tertiary/aromatic N) is 4. The molecule has 12 nitrogen and oxygen atoms in total. The van der Waals surface area contributed by atoms with Crippen LogP contribution in [0.3, 0.4) is 0 Å². The SMILES string of the molecule is Cc1c([N+](=O)[O-])cc(C(C)C)c(-c2c(C(C)C)cc([N+](=O)[O-])c(C)c2[N+](=O)[O-])c1[N+](=O)[O-]. The van der Waals surface area contributed by atoms with Crippen LogP contribution in [-0.2, 0) is 0 Å². The Kier molecular flexibility index (Phi) is 6.57. The first-order chi connectivity index (χ1) is 14.7. The van der Waals surface area contributed by atoms with Crippen LogP contribution in [0.2, 0.25) is 0 Å². The molecule has 0 fully saturated rings. The van der Waals surface area contributed by atoms with Crippen LogP contribution in [0.1, 0.15) is 61.8 Å². The quantitative estimate of drug-likeness (QED) is 0.376. The summed E-state index contributed by atoms with van der Waals surface area (Å²) in [5, 5.41) is 47.3. The highest BCUT2D eigenvalue weighted by atomic mass is 16.6. The predicted molar refractivity (Wildman–Crippen MR) is 116 cm³/mol. The van der Waals surface area contributed by atoms with E-state index < -0.39 is 54.3 Å². The van der Waals surface area contributed by atoms with Gasteiger partial charge in [0.05, 0.1) is 30.8 Å². The molecule has 0 saturated heterocycles. The smallest absolute Gasteiger partial charge is 0.258 e. The van der Waals surface area contributed by atoms with Crippen LogP contribution >= 0.6 is 0 Å². The van der Waals surface area contributed by atoms with Crippen LogP contribution in [0, 0.1) is 54.3 Å². The number of rotatable bonds is 7. The average molecular weight is 446 g/mol. The van der Waals surface area contributed by atoms with Gasteiger partial charge in [0.25, 0.3) is 22.7 Å². The van der Waals surface area contributed by atoms with Crippen molar-refractivity contribution < 1.29 is 19.7 Å². The van der Waals surface area contributed by atoms with E-state index in [-0.39, 0.29) is 33.4 Å². The van der Waals surface area contributed by atoms with Gasteiger partial charge in [0.15, 0.2) is 0 Å². The Hall–Kier alpha value is -3.96. The van der Waals surface area contributed by atoms with Crippen molar-refractivity contribution in [3.05, 3.63) is 74.8 Å². The molecule has 0 atom stereocenters. The second kappa shape index (κ2) is 8.65. The summed E-state index contributed by atoms with van der Waals surface area (Å²) in [7, 11) is 0. The van der Waals surface area contributed by atoms with Gasteiger partial charge in [-0.25, -0.2) is 0 Å². The Morgan fingerprint density at radius 3 is 1.06 bits per heavy atom. The molecule has 0 unspecified atom stereocenters. The second-order valence-corrected chi connectivity index (χ2v) is 8.00. The fourth-order valence-electron chi connectivity index (χ4n) is 3.82. The maximum atomic E-state index is 12.1. The van der Waals surface area contributed by atoms with E-state index in [0.717, 1.165) is 0 Å². The minimum absolute atomic E-state index is 0.124. The number of hydrogen-bond acceptors (Lipinski definition) is 8. The lowest BCUT2D eigenvalue weighted by Gasteiger charge is -2.20. The van der Waals surface area contributed by atoms with Gasteiger partial charge < -0.3 is 0 Å². The third kappa shape index (κ3) is 3.98. The molecule has 0 bridgehead atoms. The van der Waals surface area contributed by atoms with Crippen molar-refractivity contribution in [1.82, 2.24) is 0 Å². The first-order valence-electron chi connectivity index (χ1n) is 9.65. The normalized spacial score (nSPS) is 11.1. The van der Waals surface area contributed by atoms with E-state index in [2.05, 4.69) is 0 Å². The van der Waals surface area contributed by atoms with E-state index in [9.17, 15) is 40.5 Å². The van der Waals surface area contributed by atoms with Crippen molar-refractivity contribution in [2.24, 2.45) is 0 Å². The summed E-state index contributed by atoms with van der Waals surface area (Å²) in [6.07, 6.45) is 0. The van der Waals surface area contributed by atoms with Crippen LogP contribution in [0.5, 0.6) is 0 Å². The maximum Gasteiger partial charge on any atom is 0.287 e. The monoisotopic (exact) mass is 446 g/mol. The molecular weight excluding hydrogens is 424 g/mol. The Bertz CT molecular complexity index is 1080. The molecule has 0 heterocycles. The van der Waals surface area contributed by atoms with Gasteiger partial charge >= 0.3 is 0 Å². The fraction of sp³-hybridized carbons (Fsp3) is 0.400. The van der Waals surface area contributed by atoms with Gasteiger partial charge in [-0.1, -0.05) is 27.7 Å². The summed E-state index contributed by atoms with van der Waals surface area (Å²) in [5.74, 6) is -0.948. The molecule has 0 saturated carbocycles. The molecule has 170 valence electrons. The summed E-state index contributed by atoms with van der Waals surface area (Å²) < 4.78 is 0. The highest BCUT2D eigenvalue weighted by Crippen LogP contribution is 2.50. The lowest BCUT2D eigenvalue weighted by molar-refractivity contribution is -0.396. The zero-order chi connectivity index (χ0) is 24.7. The van der Waals surface area contributed by atoms with E-state index in [4.69, 9.17) is 0 Å². The van der Waals surface area contributed by atoms with Gasteiger partial charge in [-0.2, -0.15) is 0 Å². The van der Waals surface area contributed by atoms with Crippen LogP contribution in [0.25, 0.3) is 11.1 Å². The highest BCUT2D eigenvalue weighted by molar-refractivity contribution is 5.91. The van der Waals surface area contributed by atoms with Crippen molar-refractivity contribution in [3.63, 3.8) is 0 Å². The molecule has 32 heavy (non-hydrogen) atoms. The topological polar surface area (TPSA) is 173 Å². The molecule has 2 aromatic carbocycles. The summed E-state index contributed by atoms with van der Waals surface area (Å²) in [6, 6.07) is 2.37. The van der Waals surface area contributed by atoms with Crippen molar-refractivity contribution in [1.29, 1.82) is 0 Å². The molecule has 0 amide bonds. The predicted octanol–water partition coefficient (Wildman–Crippen LogP) is 5.85. The van der Waals surface area contributed by atoms with E-state index in [1.165, 1.54) is 26.0 Å². The molecule has 0 aromatic heterocycles. The molecule has 2 aromatic rings. The van der Waals surface area contributed by atoms with Crippen LogP contribution in [-0.4, -0.2) is 19.7 Å². The van der Waals surface area contributed by atoms with Crippen molar-refractivity contribution >= 4 is 22.7 Å². The summed E-state index contributed by atoms with van der Waals surface area (Å²) >= 11 is 0. The number of hydrogen-bond donors (Lipinski definition) is 0. The number of nitro groups is 4. The summed E-state index contributed by atoms with van der Waals surface area (Å²) in [4.78, 5) is 44.2. The minimum Gasteiger partial charge on any atom is -0.258 e. The van der Waals surface area contributed by atoms with E-state index in [0.29, 0.717) is 0 Å². The molecule has 0 radical (unpaired) electrons. The number of nitro benzene ring substituents is 4. The van der Waals surface area contributed by atoms with Crippen molar-refractivity contribution in [3.8, 4) is 11.1 Å². The van der Waals surface area contributed by atoms with E-state index in [1.807, 2.05) is 0 Å². The first kappa shape index (κ1) is 24.3. The lowest BCUT2D eigenvalue weighted by Crippen LogP contribution is -2.10. The third-order valence-electron chi connectivity index (χ3n) is 5.37. The largest absolute Gasteiger partial charge is 0.287 e. The number of benzene rings is 2. The fourth-order valence-corrected chi connectivity index (χ4v) is 3.82. The highest BCUT2D eigenvalue weighted by Gasteiger charge is 2.38. The van der Waals surface area contributed by atoms with Gasteiger partial charge in [0.1, 0.15) is 11.1 Å². The Balaban J connectivity index is 3.33. The van der Waals surface area contributed by atoms with Crippen LogP contribution < -0.4 is 0 Å². The molecule has 0 aliphatic carbocycles. The van der Waals surface area contributed by atoms with E-state index >= 15 is 0 Å². The minimum atomic E-state index is -0.797. The van der Waals surface area contributed by atoms with Gasteiger partial charge in [-0.05, 0) is 36.8 Å². The molecule has 2 rings (SSSR count). The molecule has 12 heteroatoms. The summed E-state index contributed by atoms with van der Waals surface area (Å²) in [5.41, 5.74) is -2.60. The molecule has 0 spiro atoms. The Morgan fingerprint density at radius 1 is 0.594 bits per heavy atom. The average Bonchev–Trinajstić information content (AvgIpc) is 2.65. The van der Waals surface area contributed by atoms with Crippen molar-refractivity contribution in [2.75, 3.05) is 0 Å². The van der Waals surface area contributed by atoms with Crippen LogP contribution in [0.4, 0.5) is 22.7 Å². The molecule has 0 N–H and O–H groups in total.